The Morgan fingerprint density at radius 2 is 1.55 bits per heavy atom. The van der Waals surface area contributed by atoms with Gasteiger partial charge in [0.15, 0.2) is 5.79 Å². The number of nitrogens with two attached hydrogens (primary N) is 1. The lowest BCUT2D eigenvalue weighted by atomic mass is 10.1. The molecule has 0 heterocycles. The number of ether oxygens (including phenoxy) is 1. The molecule has 0 radical (unpaired) electrons. The first-order valence-corrected chi connectivity index (χ1v) is 10.2. The summed E-state index contributed by atoms with van der Waals surface area (Å²) in [5.74, 6) is -0.765. The van der Waals surface area contributed by atoms with Crippen LogP contribution in [0.4, 0.5) is 0 Å². The van der Waals surface area contributed by atoms with Crippen LogP contribution >= 0.6 is 0 Å². The largest absolute Gasteiger partial charge is 0.681 e. The fraction of sp³-hybridized carbons (Fsp3) is 1.00. The Bertz CT molecular complexity index is 264. The Labute approximate surface area is 137 Å². The van der Waals surface area contributed by atoms with Gasteiger partial charge in [0, 0.05) is 32.8 Å². The van der Waals surface area contributed by atoms with Crippen molar-refractivity contribution in [1.82, 2.24) is 0 Å². The maximum atomic E-state index is 6.29. The van der Waals surface area contributed by atoms with Gasteiger partial charge in [0.05, 0.1) is 0 Å². The summed E-state index contributed by atoms with van der Waals surface area (Å²) < 4.78 is 29.8. The quantitative estimate of drug-likeness (QED) is 0.366. The van der Waals surface area contributed by atoms with E-state index in [4.69, 9.17) is 28.2 Å². The number of hydrogen-bond donors (Lipinski definition) is 1. The number of hydrogen-bond acceptors (Lipinski definition) is 6. The zero-order chi connectivity index (χ0) is 16.9. The summed E-state index contributed by atoms with van der Waals surface area (Å²) in [6, 6.07) is 0. The van der Waals surface area contributed by atoms with Crippen molar-refractivity contribution in [3.05, 3.63) is 0 Å². The number of rotatable bonds is 15. The van der Waals surface area contributed by atoms with Crippen molar-refractivity contribution in [3.63, 3.8) is 0 Å². The summed E-state index contributed by atoms with van der Waals surface area (Å²) >= 11 is 0. The molecule has 22 heavy (non-hydrogen) atoms. The predicted octanol–water partition coefficient (Wildman–Crippen LogP) is 2.82. The van der Waals surface area contributed by atoms with E-state index < -0.39 is 14.8 Å². The molecule has 0 saturated heterocycles. The first-order chi connectivity index (χ1) is 10.6. The average Bonchev–Trinajstić information content (AvgIpc) is 2.51. The van der Waals surface area contributed by atoms with E-state index in [0.29, 0.717) is 45.8 Å². The lowest BCUT2D eigenvalue weighted by molar-refractivity contribution is -0.232. The minimum absolute atomic E-state index is 0.471. The molecule has 0 rings (SSSR count). The van der Waals surface area contributed by atoms with Gasteiger partial charge in [0.1, 0.15) is 0 Å². The zero-order valence-corrected chi connectivity index (χ0v) is 16.0. The minimum Gasteiger partial charge on any atom is -0.351 e. The van der Waals surface area contributed by atoms with Gasteiger partial charge < -0.3 is 28.2 Å². The van der Waals surface area contributed by atoms with Gasteiger partial charge in [-0.2, -0.15) is 0 Å². The van der Waals surface area contributed by atoms with E-state index in [1.54, 1.807) is 0 Å². The van der Waals surface area contributed by atoms with Crippen molar-refractivity contribution < 1.29 is 22.4 Å². The van der Waals surface area contributed by atoms with Crippen LogP contribution in [0.25, 0.3) is 0 Å². The highest BCUT2D eigenvalue weighted by Crippen LogP contribution is 2.30. The second-order valence-corrected chi connectivity index (χ2v) is 6.98. The second-order valence-electron chi connectivity index (χ2n) is 4.91. The molecule has 0 bridgehead atoms. The topological polar surface area (TPSA) is 72.2 Å². The van der Waals surface area contributed by atoms with E-state index in [1.165, 1.54) is 0 Å². The molecule has 0 aliphatic rings. The Balaban J connectivity index is 5.27. The highest BCUT2D eigenvalue weighted by Gasteiger charge is 2.52. The highest BCUT2D eigenvalue weighted by molar-refractivity contribution is 6.53. The van der Waals surface area contributed by atoms with Gasteiger partial charge in [-0.15, -0.1) is 0 Å². The summed E-state index contributed by atoms with van der Waals surface area (Å²) in [5, 5.41) is 0. The molecule has 7 heteroatoms. The molecule has 0 aromatic heterocycles. The summed E-state index contributed by atoms with van der Waals surface area (Å²) in [7, 11) is -3.23. The molecule has 6 nitrogen and oxygen atoms in total. The molecule has 0 aliphatic heterocycles. The van der Waals surface area contributed by atoms with E-state index in [2.05, 4.69) is 0 Å². The Morgan fingerprint density at radius 1 is 0.909 bits per heavy atom. The van der Waals surface area contributed by atoms with Crippen LogP contribution in [0.5, 0.6) is 0 Å². The molecule has 0 fully saturated rings. The molecule has 0 aromatic carbocycles. The Hall–Kier alpha value is -0.0231. The molecule has 0 saturated carbocycles. The van der Waals surface area contributed by atoms with Crippen LogP contribution in [-0.4, -0.2) is 47.8 Å². The van der Waals surface area contributed by atoms with Crippen LogP contribution in [0.1, 0.15) is 60.3 Å². The molecular formula is C15H35NO5Si. The summed E-state index contributed by atoms with van der Waals surface area (Å²) in [4.78, 5) is 0. The Morgan fingerprint density at radius 3 is 1.95 bits per heavy atom. The van der Waals surface area contributed by atoms with Crippen LogP contribution < -0.4 is 5.73 Å². The van der Waals surface area contributed by atoms with Gasteiger partial charge in [0.25, 0.3) is 0 Å². The van der Waals surface area contributed by atoms with Crippen molar-refractivity contribution in [2.45, 2.75) is 66.1 Å². The van der Waals surface area contributed by atoms with Crippen molar-refractivity contribution in [2.75, 3.05) is 33.0 Å². The Kier molecular flexibility index (Phi) is 12.4. The molecule has 0 amide bonds. The van der Waals surface area contributed by atoms with Crippen molar-refractivity contribution in [3.8, 4) is 0 Å². The summed E-state index contributed by atoms with van der Waals surface area (Å²) in [6.07, 6.45) is 3.06. The van der Waals surface area contributed by atoms with Crippen molar-refractivity contribution in [2.24, 2.45) is 5.73 Å². The van der Waals surface area contributed by atoms with Gasteiger partial charge in [-0.25, -0.2) is 0 Å². The third-order valence-corrected chi connectivity index (χ3v) is 5.61. The van der Waals surface area contributed by atoms with Gasteiger partial charge in [-0.1, -0.05) is 13.8 Å². The average molecular weight is 338 g/mol. The molecule has 0 spiro atoms. The SMILES string of the molecule is CCCO[Si](OCC)(OCC)OC(CC)(CCCN)OCC. The summed E-state index contributed by atoms with van der Waals surface area (Å²) in [6.45, 7) is 12.5. The van der Waals surface area contributed by atoms with E-state index in [-0.39, 0.29) is 0 Å². The third-order valence-electron chi connectivity index (χ3n) is 3.14. The summed E-state index contributed by atoms with van der Waals surface area (Å²) in [5.41, 5.74) is 5.65. The zero-order valence-electron chi connectivity index (χ0n) is 15.0. The maximum Gasteiger partial charge on any atom is 0.681 e. The molecular weight excluding hydrogens is 302 g/mol. The van der Waals surface area contributed by atoms with Gasteiger partial charge in [0.2, 0.25) is 0 Å². The third kappa shape index (κ3) is 7.50. The van der Waals surface area contributed by atoms with Crippen LogP contribution in [0.3, 0.4) is 0 Å². The van der Waals surface area contributed by atoms with Crippen LogP contribution in [0.2, 0.25) is 0 Å². The van der Waals surface area contributed by atoms with E-state index in [9.17, 15) is 0 Å². The minimum atomic E-state index is -3.23. The van der Waals surface area contributed by atoms with E-state index in [1.807, 2.05) is 34.6 Å². The standard InChI is InChI=1S/C15H35NO5Si/c1-6-14-20-22(18-9-4,19-10-5)21-15(7-2,17-8-3)12-11-13-16/h6-14,16H2,1-5H3. The normalized spacial score (nSPS) is 15.0. The molecule has 0 aliphatic carbocycles. The molecule has 1 unspecified atom stereocenters. The fourth-order valence-electron chi connectivity index (χ4n) is 2.16. The van der Waals surface area contributed by atoms with Gasteiger partial charge in [-0.05, 0) is 46.6 Å². The lowest BCUT2D eigenvalue weighted by Crippen LogP contribution is -2.56. The smallest absolute Gasteiger partial charge is 0.351 e. The predicted molar refractivity (Wildman–Crippen MR) is 89.3 cm³/mol. The fourth-order valence-corrected chi connectivity index (χ4v) is 4.51. The first kappa shape index (κ1) is 22.0. The molecule has 1 atom stereocenters. The monoisotopic (exact) mass is 337 g/mol. The molecule has 134 valence electrons. The van der Waals surface area contributed by atoms with Gasteiger partial charge >= 0.3 is 9.05 Å². The highest BCUT2D eigenvalue weighted by atomic mass is 28.4. The van der Waals surface area contributed by atoms with Gasteiger partial charge in [-0.3, -0.25) is 0 Å². The van der Waals surface area contributed by atoms with Crippen LogP contribution in [0, 0.1) is 0 Å². The van der Waals surface area contributed by atoms with E-state index >= 15 is 0 Å². The van der Waals surface area contributed by atoms with Crippen molar-refractivity contribution >= 4 is 9.05 Å². The maximum absolute atomic E-state index is 6.29. The molecule has 0 aromatic rings. The van der Waals surface area contributed by atoms with Crippen LogP contribution in [0.15, 0.2) is 0 Å². The second kappa shape index (κ2) is 12.4. The lowest BCUT2D eigenvalue weighted by Gasteiger charge is -2.39. The molecule has 2 N–H and O–H groups in total. The first-order valence-electron chi connectivity index (χ1n) is 8.53. The van der Waals surface area contributed by atoms with Crippen molar-refractivity contribution in [1.29, 1.82) is 0 Å². The van der Waals surface area contributed by atoms with Crippen LogP contribution in [-0.2, 0) is 22.4 Å². The van der Waals surface area contributed by atoms with E-state index in [0.717, 1.165) is 12.8 Å².